The van der Waals surface area contributed by atoms with E-state index >= 15 is 0 Å². The third-order valence-corrected chi connectivity index (χ3v) is 1.48. The van der Waals surface area contributed by atoms with E-state index in [2.05, 4.69) is 12.2 Å². The summed E-state index contributed by atoms with van der Waals surface area (Å²) in [5.74, 6) is 0. The molecule has 0 aliphatic carbocycles. The van der Waals surface area contributed by atoms with Crippen LogP contribution in [0.2, 0.25) is 0 Å². The summed E-state index contributed by atoms with van der Waals surface area (Å²) in [4.78, 5) is 0. The summed E-state index contributed by atoms with van der Waals surface area (Å²) in [5, 5.41) is 3.02. The predicted molar refractivity (Wildman–Crippen MR) is 43.0 cm³/mol. The van der Waals surface area contributed by atoms with Crippen LogP contribution in [-0.4, -0.2) is 19.8 Å². The van der Waals surface area contributed by atoms with E-state index in [0.29, 0.717) is 6.54 Å². The van der Waals surface area contributed by atoms with E-state index in [1.54, 1.807) is 0 Å². The van der Waals surface area contributed by atoms with Gasteiger partial charge in [0, 0.05) is 6.54 Å². The lowest BCUT2D eigenvalue weighted by molar-refractivity contribution is 0.462. The summed E-state index contributed by atoms with van der Waals surface area (Å²) in [7, 11) is 0. The third-order valence-electron chi connectivity index (χ3n) is 1.48. The molecule has 0 aliphatic rings. The fraction of sp³-hybridized carbons (Fsp3) is 1.00. The van der Waals surface area contributed by atoms with Gasteiger partial charge in [-0.1, -0.05) is 26.2 Å². The van der Waals surface area contributed by atoms with E-state index in [1.165, 1.54) is 25.7 Å². The van der Waals surface area contributed by atoms with Gasteiger partial charge >= 0.3 is 0 Å². The van der Waals surface area contributed by atoms with Crippen LogP contribution >= 0.6 is 0 Å². The lowest BCUT2D eigenvalue weighted by Gasteiger charge is -1.99. The van der Waals surface area contributed by atoms with Crippen molar-refractivity contribution in [2.24, 2.45) is 0 Å². The second-order valence-electron chi connectivity index (χ2n) is 2.50. The first-order valence-corrected chi connectivity index (χ1v) is 4.18. The van der Waals surface area contributed by atoms with Crippen molar-refractivity contribution in [3.63, 3.8) is 0 Å². The van der Waals surface area contributed by atoms with Crippen LogP contribution in [-0.2, 0) is 0 Å². The highest BCUT2D eigenvalue weighted by molar-refractivity contribution is 4.46. The zero-order valence-corrected chi connectivity index (χ0v) is 6.83. The number of unbranched alkanes of at least 4 members (excludes halogenated alkanes) is 3. The number of alkyl halides is 1. The van der Waals surface area contributed by atoms with Crippen LogP contribution in [0.25, 0.3) is 0 Å². The molecule has 0 saturated carbocycles. The average Bonchev–Trinajstić information content (AvgIpc) is 1.97. The van der Waals surface area contributed by atoms with Gasteiger partial charge in [0.25, 0.3) is 0 Å². The number of rotatable bonds is 7. The van der Waals surface area contributed by atoms with Gasteiger partial charge in [0.2, 0.25) is 0 Å². The topological polar surface area (TPSA) is 12.0 Å². The summed E-state index contributed by atoms with van der Waals surface area (Å²) < 4.78 is 11.5. The van der Waals surface area contributed by atoms with Crippen LogP contribution in [0, 0.1) is 0 Å². The highest BCUT2D eigenvalue weighted by atomic mass is 19.1. The second kappa shape index (κ2) is 8.89. The Morgan fingerprint density at radius 1 is 1.10 bits per heavy atom. The van der Waals surface area contributed by atoms with E-state index in [0.717, 1.165) is 6.54 Å². The van der Waals surface area contributed by atoms with Crippen LogP contribution in [0.3, 0.4) is 0 Å². The molecule has 0 saturated heterocycles. The standard InChI is InChI=1S/C8H18FN/c1-2-3-4-5-7-10-8-6-9/h10H,2-8H2,1H3. The number of halogens is 1. The monoisotopic (exact) mass is 147 g/mol. The van der Waals surface area contributed by atoms with Gasteiger partial charge in [-0.15, -0.1) is 0 Å². The molecule has 2 heteroatoms. The van der Waals surface area contributed by atoms with Gasteiger partial charge in [0.15, 0.2) is 0 Å². The minimum Gasteiger partial charge on any atom is -0.314 e. The predicted octanol–water partition coefficient (Wildman–Crippen LogP) is 2.13. The van der Waals surface area contributed by atoms with E-state index in [9.17, 15) is 4.39 Å². The quantitative estimate of drug-likeness (QED) is 0.544. The average molecular weight is 147 g/mol. The SMILES string of the molecule is CCCCCCNCCF. The van der Waals surface area contributed by atoms with Crippen molar-refractivity contribution >= 4 is 0 Å². The molecule has 0 unspecified atom stereocenters. The summed E-state index contributed by atoms with van der Waals surface area (Å²) in [6, 6.07) is 0. The van der Waals surface area contributed by atoms with Crippen molar-refractivity contribution in [2.75, 3.05) is 19.8 Å². The van der Waals surface area contributed by atoms with Gasteiger partial charge in [-0.05, 0) is 13.0 Å². The molecule has 0 aromatic rings. The van der Waals surface area contributed by atoms with Crippen LogP contribution in [0.5, 0.6) is 0 Å². The molecule has 0 aromatic carbocycles. The molecular formula is C8H18FN. The molecule has 0 aliphatic heterocycles. The van der Waals surface area contributed by atoms with E-state index in [-0.39, 0.29) is 6.67 Å². The summed E-state index contributed by atoms with van der Waals surface area (Å²) in [6.45, 7) is 3.44. The first kappa shape index (κ1) is 9.89. The van der Waals surface area contributed by atoms with Crippen molar-refractivity contribution in [3.8, 4) is 0 Å². The normalized spacial score (nSPS) is 10.2. The molecule has 0 atom stereocenters. The highest BCUT2D eigenvalue weighted by Crippen LogP contribution is 1.96. The molecule has 1 N–H and O–H groups in total. The first-order chi connectivity index (χ1) is 4.91. The van der Waals surface area contributed by atoms with Crippen LogP contribution in [0.15, 0.2) is 0 Å². The van der Waals surface area contributed by atoms with E-state index in [1.807, 2.05) is 0 Å². The molecule has 1 nitrogen and oxygen atoms in total. The fourth-order valence-electron chi connectivity index (χ4n) is 0.869. The van der Waals surface area contributed by atoms with Gasteiger partial charge in [-0.3, -0.25) is 0 Å². The lowest BCUT2D eigenvalue weighted by Crippen LogP contribution is -2.17. The number of hydrogen-bond donors (Lipinski definition) is 1. The minimum absolute atomic E-state index is 0.242. The maximum absolute atomic E-state index is 11.5. The summed E-state index contributed by atoms with van der Waals surface area (Å²) in [5.41, 5.74) is 0. The van der Waals surface area contributed by atoms with Gasteiger partial charge in [0.05, 0.1) is 0 Å². The molecule has 0 heterocycles. The molecular weight excluding hydrogens is 129 g/mol. The van der Waals surface area contributed by atoms with Gasteiger partial charge in [-0.2, -0.15) is 0 Å². The Labute approximate surface area is 63.0 Å². The van der Waals surface area contributed by atoms with Crippen LogP contribution in [0.4, 0.5) is 4.39 Å². The zero-order chi connectivity index (χ0) is 7.66. The Bertz CT molecular complexity index is 49.2. The molecule has 0 amide bonds. The maximum atomic E-state index is 11.5. The Morgan fingerprint density at radius 2 is 1.90 bits per heavy atom. The Kier molecular flexibility index (Phi) is 8.79. The fourth-order valence-corrected chi connectivity index (χ4v) is 0.869. The summed E-state index contributed by atoms with van der Waals surface area (Å²) in [6.07, 6.45) is 5.03. The molecule has 0 spiro atoms. The molecule has 10 heavy (non-hydrogen) atoms. The summed E-state index contributed by atoms with van der Waals surface area (Å²) >= 11 is 0. The lowest BCUT2D eigenvalue weighted by atomic mass is 10.2. The van der Waals surface area contributed by atoms with Crippen LogP contribution < -0.4 is 5.32 Å². The van der Waals surface area contributed by atoms with Crippen molar-refractivity contribution in [1.29, 1.82) is 0 Å². The van der Waals surface area contributed by atoms with Gasteiger partial charge in [0.1, 0.15) is 6.67 Å². The molecule has 0 bridgehead atoms. The largest absolute Gasteiger partial charge is 0.314 e. The molecule has 0 fully saturated rings. The van der Waals surface area contributed by atoms with E-state index < -0.39 is 0 Å². The zero-order valence-electron chi connectivity index (χ0n) is 6.83. The van der Waals surface area contributed by atoms with Gasteiger partial charge in [-0.25, -0.2) is 4.39 Å². The minimum atomic E-state index is -0.242. The molecule has 62 valence electrons. The van der Waals surface area contributed by atoms with Crippen molar-refractivity contribution in [3.05, 3.63) is 0 Å². The highest BCUT2D eigenvalue weighted by Gasteiger charge is 1.86. The van der Waals surface area contributed by atoms with Crippen LogP contribution in [0.1, 0.15) is 32.6 Å². The smallest absolute Gasteiger partial charge is 0.102 e. The van der Waals surface area contributed by atoms with Crippen molar-refractivity contribution < 1.29 is 4.39 Å². The molecule has 0 radical (unpaired) electrons. The van der Waals surface area contributed by atoms with E-state index in [4.69, 9.17) is 0 Å². The molecule has 0 aromatic heterocycles. The van der Waals surface area contributed by atoms with Gasteiger partial charge < -0.3 is 5.32 Å². The van der Waals surface area contributed by atoms with Crippen molar-refractivity contribution in [1.82, 2.24) is 5.32 Å². The third kappa shape index (κ3) is 7.89. The number of hydrogen-bond acceptors (Lipinski definition) is 1. The Balaban J connectivity index is 2.65. The molecule has 0 rings (SSSR count). The number of nitrogens with one attached hydrogen (secondary N) is 1. The van der Waals surface area contributed by atoms with Crippen molar-refractivity contribution in [2.45, 2.75) is 32.6 Å². The second-order valence-corrected chi connectivity index (χ2v) is 2.50. The first-order valence-electron chi connectivity index (χ1n) is 4.18. The Morgan fingerprint density at radius 3 is 2.50 bits per heavy atom. The maximum Gasteiger partial charge on any atom is 0.102 e. The Hall–Kier alpha value is -0.110.